The highest BCUT2D eigenvalue weighted by Crippen LogP contribution is 2.19. The van der Waals surface area contributed by atoms with Crippen LogP contribution in [-0.2, 0) is 6.54 Å². The Morgan fingerprint density at radius 1 is 1.26 bits per heavy atom. The van der Waals surface area contributed by atoms with Crippen LogP contribution in [-0.4, -0.2) is 12.1 Å². The molecule has 1 aromatic heterocycles. The number of methoxy groups -OCH3 is 1. The molecule has 2 rings (SSSR count). The lowest BCUT2D eigenvalue weighted by Gasteiger charge is -2.11. The van der Waals surface area contributed by atoms with Crippen LogP contribution in [0.3, 0.4) is 0 Å². The van der Waals surface area contributed by atoms with Crippen LogP contribution in [0.5, 0.6) is 5.75 Å². The normalized spacial score (nSPS) is 9.74. The number of anilines is 1. The summed E-state index contributed by atoms with van der Waals surface area (Å²) in [6.07, 6.45) is 0. The number of nitriles is 1. The molecule has 4 heteroatoms. The maximum Gasteiger partial charge on any atom is 0.144 e. The van der Waals surface area contributed by atoms with Crippen LogP contribution in [0.1, 0.15) is 16.8 Å². The van der Waals surface area contributed by atoms with E-state index in [4.69, 9.17) is 10.00 Å². The van der Waals surface area contributed by atoms with E-state index in [1.807, 2.05) is 37.3 Å². The minimum Gasteiger partial charge on any atom is -0.496 e. The van der Waals surface area contributed by atoms with Crippen molar-refractivity contribution in [2.45, 2.75) is 13.5 Å². The van der Waals surface area contributed by atoms with Crippen molar-refractivity contribution in [2.24, 2.45) is 0 Å². The van der Waals surface area contributed by atoms with Crippen molar-refractivity contribution in [1.29, 1.82) is 5.26 Å². The molecule has 1 aromatic carbocycles. The van der Waals surface area contributed by atoms with Gasteiger partial charge in [0, 0.05) is 17.8 Å². The lowest BCUT2D eigenvalue weighted by atomic mass is 10.2. The third-order valence-electron chi connectivity index (χ3n) is 2.79. The van der Waals surface area contributed by atoms with E-state index in [2.05, 4.69) is 16.4 Å². The molecule has 4 nitrogen and oxygen atoms in total. The Kier molecular flexibility index (Phi) is 3.99. The zero-order chi connectivity index (χ0) is 13.7. The van der Waals surface area contributed by atoms with Crippen LogP contribution < -0.4 is 10.1 Å². The highest BCUT2D eigenvalue weighted by atomic mass is 16.5. The van der Waals surface area contributed by atoms with Gasteiger partial charge < -0.3 is 10.1 Å². The molecule has 0 amide bonds. The summed E-state index contributed by atoms with van der Waals surface area (Å²) in [6.45, 7) is 2.46. The lowest BCUT2D eigenvalue weighted by Crippen LogP contribution is -2.05. The molecule has 0 aliphatic heterocycles. The van der Waals surface area contributed by atoms with Gasteiger partial charge in [0.1, 0.15) is 17.6 Å². The van der Waals surface area contributed by atoms with Crippen LogP contribution in [0.4, 0.5) is 5.82 Å². The van der Waals surface area contributed by atoms with Crippen molar-refractivity contribution in [2.75, 3.05) is 12.4 Å². The summed E-state index contributed by atoms with van der Waals surface area (Å²) in [5.74, 6) is 1.43. The molecular formula is C15H15N3O. The SMILES string of the molecule is COc1ccccc1CNc1nc(C)ccc1C#N. The molecule has 19 heavy (non-hydrogen) atoms. The Balaban J connectivity index is 2.19. The van der Waals surface area contributed by atoms with Crippen LogP contribution in [0.25, 0.3) is 0 Å². The largest absolute Gasteiger partial charge is 0.496 e. The molecule has 1 heterocycles. The molecule has 0 saturated heterocycles. The van der Waals surface area contributed by atoms with Gasteiger partial charge in [-0.15, -0.1) is 0 Å². The van der Waals surface area contributed by atoms with Crippen molar-refractivity contribution in [1.82, 2.24) is 4.98 Å². The molecule has 0 atom stereocenters. The number of nitrogens with zero attached hydrogens (tertiary/aromatic N) is 2. The van der Waals surface area contributed by atoms with Gasteiger partial charge in [-0.2, -0.15) is 5.26 Å². The second-order valence-electron chi connectivity index (χ2n) is 4.13. The van der Waals surface area contributed by atoms with Gasteiger partial charge in [0.25, 0.3) is 0 Å². The summed E-state index contributed by atoms with van der Waals surface area (Å²) in [4.78, 5) is 4.34. The van der Waals surface area contributed by atoms with E-state index in [0.717, 1.165) is 17.0 Å². The Morgan fingerprint density at radius 3 is 2.79 bits per heavy atom. The number of nitrogens with one attached hydrogen (secondary N) is 1. The number of rotatable bonds is 4. The number of para-hydroxylation sites is 1. The molecule has 0 radical (unpaired) electrons. The maximum absolute atomic E-state index is 9.05. The summed E-state index contributed by atoms with van der Waals surface area (Å²) < 4.78 is 5.29. The fourth-order valence-corrected chi connectivity index (χ4v) is 1.81. The molecule has 0 unspecified atom stereocenters. The zero-order valence-corrected chi connectivity index (χ0v) is 11.0. The fraction of sp³-hybridized carbons (Fsp3) is 0.200. The maximum atomic E-state index is 9.05. The van der Waals surface area contributed by atoms with Gasteiger partial charge in [-0.3, -0.25) is 0 Å². The summed E-state index contributed by atoms with van der Waals surface area (Å²) in [5, 5.41) is 12.2. The molecule has 0 spiro atoms. The quantitative estimate of drug-likeness (QED) is 0.910. The van der Waals surface area contributed by atoms with Gasteiger partial charge in [-0.05, 0) is 25.1 Å². The molecule has 0 aliphatic rings. The molecule has 0 aliphatic carbocycles. The number of pyridine rings is 1. The van der Waals surface area contributed by atoms with Crippen molar-refractivity contribution in [3.8, 4) is 11.8 Å². The number of aromatic nitrogens is 1. The van der Waals surface area contributed by atoms with Crippen molar-refractivity contribution >= 4 is 5.82 Å². The molecule has 0 bridgehead atoms. The monoisotopic (exact) mass is 253 g/mol. The summed E-state index contributed by atoms with van der Waals surface area (Å²) in [6, 6.07) is 13.5. The predicted molar refractivity (Wildman–Crippen MR) is 74.0 cm³/mol. The molecule has 0 saturated carbocycles. The minimum atomic E-state index is 0.542. The number of benzene rings is 1. The Hall–Kier alpha value is -2.54. The Labute approximate surface area is 112 Å². The number of aryl methyl sites for hydroxylation is 1. The van der Waals surface area contributed by atoms with Gasteiger partial charge in [0.05, 0.1) is 12.7 Å². The topological polar surface area (TPSA) is 57.9 Å². The minimum absolute atomic E-state index is 0.542. The van der Waals surface area contributed by atoms with E-state index in [9.17, 15) is 0 Å². The van der Waals surface area contributed by atoms with E-state index in [1.54, 1.807) is 13.2 Å². The smallest absolute Gasteiger partial charge is 0.144 e. The summed E-state index contributed by atoms with van der Waals surface area (Å²) in [5.41, 5.74) is 2.44. The standard InChI is InChI=1S/C15H15N3O/c1-11-7-8-12(9-16)15(18-11)17-10-13-5-3-4-6-14(13)19-2/h3-8H,10H2,1-2H3,(H,17,18). The van der Waals surface area contributed by atoms with Crippen molar-refractivity contribution < 1.29 is 4.74 Å². The van der Waals surface area contributed by atoms with E-state index in [-0.39, 0.29) is 0 Å². The van der Waals surface area contributed by atoms with Crippen LogP contribution >= 0.6 is 0 Å². The van der Waals surface area contributed by atoms with E-state index >= 15 is 0 Å². The number of hydrogen-bond acceptors (Lipinski definition) is 4. The third-order valence-corrected chi connectivity index (χ3v) is 2.79. The zero-order valence-electron chi connectivity index (χ0n) is 11.0. The summed E-state index contributed by atoms with van der Waals surface area (Å²) in [7, 11) is 1.64. The van der Waals surface area contributed by atoms with Crippen molar-refractivity contribution in [3.63, 3.8) is 0 Å². The van der Waals surface area contributed by atoms with Gasteiger partial charge in [-0.25, -0.2) is 4.98 Å². The summed E-state index contributed by atoms with van der Waals surface area (Å²) >= 11 is 0. The average Bonchev–Trinajstić information content (AvgIpc) is 2.45. The van der Waals surface area contributed by atoms with Gasteiger partial charge in [0.2, 0.25) is 0 Å². The highest BCUT2D eigenvalue weighted by molar-refractivity contribution is 5.53. The first-order chi connectivity index (χ1) is 9.24. The lowest BCUT2D eigenvalue weighted by molar-refractivity contribution is 0.410. The van der Waals surface area contributed by atoms with Gasteiger partial charge in [0.15, 0.2) is 0 Å². The average molecular weight is 253 g/mol. The van der Waals surface area contributed by atoms with Crippen LogP contribution in [0.15, 0.2) is 36.4 Å². The fourth-order valence-electron chi connectivity index (χ4n) is 1.81. The highest BCUT2D eigenvalue weighted by Gasteiger charge is 2.06. The number of hydrogen-bond donors (Lipinski definition) is 1. The molecule has 2 aromatic rings. The van der Waals surface area contributed by atoms with E-state index in [0.29, 0.717) is 17.9 Å². The third kappa shape index (κ3) is 3.02. The van der Waals surface area contributed by atoms with E-state index < -0.39 is 0 Å². The molecule has 96 valence electrons. The predicted octanol–water partition coefficient (Wildman–Crippen LogP) is 2.88. The van der Waals surface area contributed by atoms with E-state index in [1.165, 1.54) is 0 Å². The second kappa shape index (κ2) is 5.87. The first-order valence-electron chi connectivity index (χ1n) is 5.98. The Morgan fingerprint density at radius 2 is 2.05 bits per heavy atom. The number of ether oxygens (including phenoxy) is 1. The molecular weight excluding hydrogens is 238 g/mol. The van der Waals surface area contributed by atoms with Crippen molar-refractivity contribution in [3.05, 3.63) is 53.2 Å². The van der Waals surface area contributed by atoms with Crippen LogP contribution in [0.2, 0.25) is 0 Å². The first-order valence-corrected chi connectivity index (χ1v) is 5.98. The van der Waals surface area contributed by atoms with Crippen LogP contribution in [0, 0.1) is 18.3 Å². The molecule has 0 fully saturated rings. The second-order valence-corrected chi connectivity index (χ2v) is 4.13. The molecule has 1 N–H and O–H groups in total. The Bertz CT molecular complexity index is 617. The van der Waals surface area contributed by atoms with Gasteiger partial charge >= 0.3 is 0 Å². The van der Waals surface area contributed by atoms with Gasteiger partial charge in [-0.1, -0.05) is 18.2 Å². The first kappa shape index (κ1) is 12.9.